The molecular weight excluding hydrogens is 363 g/mol. The van der Waals surface area contributed by atoms with E-state index in [-0.39, 0.29) is 30.0 Å². The molecule has 0 aromatic heterocycles. The minimum Gasteiger partial charge on any atom is -0.372 e. The van der Waals surface area contributed by atoms with Gasteiger partial charge in [0.2, 0.25) is 0 Å². The minimum absolute atomic E-state index is 0. The van der Waals surface area contributed by atoms with E-state index in [0.717, 1.165) is 0 Å². The van der Waals surface area contributed by atoms with E-state index in [4.69, 9.17) is 5.73 Å². The summed E-state index contributed by atoms with van der Waals surface area (Å²) in [5.41, 5.74) is 8.37. The second-order valence-corrected chi connectivity index (χ2v) is 5.01. The van der Waals surface area contributed by atoms with Crippen molar-refractivity contribution in [2.75, 3.05) is 24.5 Å². The molecule has 0 radical (unpaired) electrons. The summed E-state index contributed by atoms with van der Waals surface area (Å²) in [6.45, 7) is 7.14. The van der Waals surface area contributed by atoms with E-state index in [2.05, 4.69) is 46.4 Å². The van der Waals surface area contributed by atoms with Gasteiger partial charge in [-0.1, -0.05) is 12.1 Å². The smallest absolute Gasteiger partial charge is 0.189 e. The Kier molecular flexibility index (Phi) is 7.12. The lowest BCUT2D eigenvalue weighted by Gasteiger charge is -2.21. The van der Waals surface area contributed by atoms with Crippen LogP contribution in [0.15, 0.2) is 29.3 Å². The van der Waals surface area contributed by atoms with Crippen LogP contribution < -0.4 is 16.0 Å². The summed E-state index contributed by atoms with van der Waals surface area (Å²) in [6, 6.07) is 8.87. The van der Waals surface area contributed by atoms with Crippen molar-refractivity contribution in [3.05, 3.63) is 29.8 Å². The number of anilines is 1. The van der Waals surface area contributed by atoms with Crippen LogP contribution in [0.1, 0.15) is 38.3 Å². The Balaban J connectivity index is 0.00000200. The predicted molar refractivity (Wildman–Crippen MR) is 97.0 cm³/mol. The fraction of sp³-hybridized carbons (Fsp3) is 0.533. The summed E-state index contributed by atoms with van der Waals surface area (Å²) >= 11 is 0. The molecule has 3 N–H and O–H groups in total. The van der Waals surface area contributed by atoms with Gasteiger partial charge in [0, 0.05) is 25.3 Å². The maximum atomic E-state index is 5.81. The van der Waals surface area contributed by atoms with Crippen molar-refractivity contribution in [2.45, 2.75) is 32.7 Å². The lowest BCUT2D eigenvalue weighted by molar-refractivity contribution is 0.708. The molecule has 1 unspecified atom stereocenters. The molecule has 1 aliphatic heterocycles. The first kappa shape index (κ1) is 17.1. The highest BCUT2D eigenvalue weighted by Gasteiger charge is 2.14. The summed E-state index contributed by atoms with van der Waals surface area (Å²) in [5, 5.41) is 3.22. The highest BCUT2D eigenvalue weighted by molar-refractivity contribution is 14.0. The molecule has 0 saturated carbocycles. The highest BCUT2D eigenvalue weighted by atomic mass is 127. The zero-order chi connectivity index (χ0) is 13.7. The average molecular weight is 388 g/mol. The van der Waals surface area contributed by atoms with Gasteiger partial charge in [-0.15, -0.1) is 24.0 Å². The molecule has 1 heterocycles. The van der Waals surface area contributed by atoms with Gasteiger partial charge in [-0.05, 0) is 44.4 Å². The Labute approximate surface area is 138 Å². The summed E-state index contributed by atoms with van der Waals surface area (Å²) in [4.78, 5) is 6.61. The number of hydrogen-bond acceptors (Lipinski definition) is 2. The first-order valence-electron chi connectivity index (χ1n) is 7.12. The Morgan fingerprint density at radius 3 is 2.75 bits per heavy atom. The lowest BCUT2D eigenvalue weighted by Crippen LogP contribution is -2.34. The largest absolute Gasteiger partial charge is 0.372 e. The van der Waals surface area contributed by atoms with Crippen LogP contribution in [0.3, 0.4) is 0 Å². The monoisotopic (exact) mass is 388 g/mol. The van der Waals surface area contributed by atoms with Gasteiger partial charge in [-0.2, -0.15) is 0 Å². The van der Waals surface area contributed by atoms with Gasteiger partial charge in [0.05, 0.1) is 6.04 Å². The number of rotatable bonds is 4. The number of nitrogens with one attached hydrogen (secondary N) is 1. The first-order valence-corrected chi connectivity index (χ1v) is 7.12. The van der Waals surface area contributed by atoms with Crippen molar-refractivity contribution in [2.24, 2.45) is 10.7 Å². The van der Waals surface area contributed by atoms with Crippen LogP contribution in [-0.4, -0.2) is 25.6 Å². The van der Waals surface area contributed by atoms with E-state index in [1.54, 1.807) is 0 Å². The molecule has 5 heteroatoms. The normalized spacial score (nSPS) is 16.7. The van der Waals surface area contributed by atoms with E-state index in [1.807, 2.05) is 6.92 Å². The van der Waals surface area contributed by atoms with Crippen LogP contribution in [0, 0.1) is 0 Å². The molecule has 1 fully saturated rings. The van der Waals surface area contributed by atoms with Crippen LogP contribution in [0.4, 0.5) is 5.69 Å². The summed E-state index contributed by atoms with van der Waals surface area (Å²) < 4.78 is 0. The molecule has 1 aromatic rings. The second-order valence-electron chi connectivity index (χ2n) is 5.01. The van der Waals surface area contributed by atoms with E-state index in [1.165, 1.54) is 37.2 Å². The van der Waals surface area contributed by atoms with Crippen LogP contribution in [0.25, 0.3) is 0 Å². The van der Waals surface area contributed by atoms with Gasteiger partial charge in [0.15, 0.2) is 5.96 Å². The van der Waals surface area contributed by atoms with Crippen molar-refractivity contribution < 1.29 is 0 Å². The van der Waals surface area contributed by atoms with E-state index in [9.17, 15) is 0 Å². The number of hydrogen-bond donors (Lipinski definition) is 2. The molecule has 1 saturated heterocycles. The average Bonchev–Trinajstić information content (AvgIpc) is 2.93. The molecule has 4 nitrogen and oxygen atoms in total. The quantitative estimate of drug-likeness (QED) is 0.474. The minimum atomic E-state index is 0. The molecule has 20 heavy (non-hydrogen) atoms. The number of aliphatic imine (C=N–C) groups is 1. The van der Waals surface area contributed by atoms with E-state index < -0.39 is 0 Å². The molecule has 0 bridgehead atoms. The molecule has 0 spiro atoms. The van der Waals surface area contributed by atoms with E-state index >= 15 is 0 Å². The summed E-state index contributed by atoms with van der Waals surface area (Å²) in [7, 11) is 0. The molecule has 0 amide bonds. The Hall–Kier alpha value is -0.980. The van der Waals surface area contributed by atoms with Gasteiger partial charge in [0.25, 0.3) is 0 Å². The number of nitrogens with two attached hydrogens (primary N) is 1. The fourth-order valence-corrected chi connectivity index (χ4v) is 2.49. The standard InChI is InChI=1S/C15H24N4.HI/c1-3-17-15(16)18-12(2)13-7-6-8-14(11-13)19-9-4-5-10-19;/h6-8,11-12H,3-5,9-10H2,1-2H3,(H3,16,17,18);1H. The number of nitrogens with zero attached hydrogens (tertiary/aromatic N) is 2. The Morgan fingerprint density at radius 1 is 1.40 bits per heavy atom. The zero-order valence-corrected chi connectivity index (χ0v) is 14.6. The zero-order valence-electron chi connectivity index (χ0n) is 12.3. The molecule has 112 valence electrons. The number of guanidine groups is 1. The Morgan fingerprint density at radius 2 is 2.10 bits per heavy atom. The second kappa shape index (κ2) is 8.34. The van der Waals surface area contributed by atoms with Crippen LogP contribution in [-0.2, 0) is 0 Å². The summed E-state index contributed by atoms with van der Waals surface area (Å²) in [5.74, 6) is 0.515. The van der Waals surface area contributed by atoms with Gasteiger partial charge in [0.1, 0.15) is 0 Å². The van der Waals surface area contributed by atoms with Gasteiger partial charge in [-0.3, -0.25) is 4.99 Å². The lowest BCUT2D eigenvalue weighted by atomic mass is 10.1. The number of halogens is 1. The molecule has 1 aromatic carbocycles. The molecule has 1 atom stereocenters. The SMILES string of the molecule is CCN=C(N)NC(C)c1cccc(N2CCCC2)c1.I. The van der Waals surface area contributed by atoms with Crippen LogP contribution >= 0.6 is 24.0 Å². The highest BCUT2D eigenvalue weighted by Crippen LogP contribution is 2.23. The van der Waals surface area contributed by atoms with E-state index in [0.29, 0.717) is 12.5 Å². The maximum absolute atomic E-state index is 5.81. The Bertz CT molecular complexity index is 441. The molecule has 2 rings (SSSR count). The summed E-state index contributed by atoms with van der Waals surface area (Å²) in [6.07, 6.45) is 2.60. The topological polar surface area (TPSA) is 53.6 Å². The maximum Gasteiger partial charge on any atom is 0.189 e. The van der Waals surface area contributed by atoms with Gasteiger partial charge in [-0.25, -0.2) is 0 Å². The number of benzene rings is 1. The third-order valence-corrected chi connectivity index (χ3v) is 3.53. The third-order valence-electron chi connectivity index (χ3n) is 3.53. The van der Waals surface area contributed by atoms with Crippen molar-refractivity contribution in [1.82, 2.24) is 5.32 Å². The van der Waals surface area contributed by atoms with Crippen LogP contribution in [0.5, 0.6) is 0 Å². The van der Waals surface area contributed by atoms with Crippen molar-refractivity contribution >= 4 is 35.6 Å². The molecule has 0 aliphatic carbocycles. The van der Waals surface area contributed by atoms with Crippen LogP contribution in [0.2, 0.25) is 0 Å². The van der Waals surface area contributed by atoms with Crippen molar-refractivity contribution in [3.63, 3.8) is 0 Å². The molecular formula is C15H25IN4. The van der Waals surface area contributed by atoms with Gasteiger partial charge >= 0.3 is 0 Å². The third kappa shape index (κ3) is 4.54. The predicted octanol–water partition coefficient (Wildman–Crippen LogP) is 2.89. The first-order chi connectivity index (χ1) is 9.20. The molecule has 1 aliphatic rings. The van der Waals surface area contributed by atoms with Gasteiger partial charge < -0.3 is 16.0 Å². The van der Waals surface area contributed by atoms with Crippen molar-refractivity contribution in [3.8, 4) is 0 Å². The van der Waals surface area contributed by atoms with Crippen molar-refractivity contribution in [1.29, 1.82) is 0 Å². The fourth-order valence-electron chi connectivity index (χ4n) is 2.49.